The number of hydrogen-bond acceptors (Lipinski definition) is 8. The maximum Gasteiger partial charge on any atom is 0.355 e. The Balaban J connectivity index is 2.04. The summed E-state index contributed by atoms with van der Waals surface area (Å²) in [4.78, 5) is 26.3. The van der Waals surface area contributed by atoms with Crippen LogP contribution in [0.25, 0.3) is 0 Å². The van der Waals surface area contributed by atoms with Gasteiger partial charge in [0, 0.05) is 25.1 Å². The number of ether oxygens (including phenoxy) is 5. The highest BCUT2D eigenvalue weighted by Crippen LogP contribution is 2.37. The predicted octanol–water partition coefficient (Wildman–Crippen LogP) is 1.96. The van der Waals surface area contributed by atoms with Crippen molar-refractivity contribution in [3.63, 3.8) is 0 Å². The number of carbonyl (C=O) groups excluding carboxylic acids is 2. The van der Waals surface area contributed by atoms with E-state index in [1.165, 1.54) is 20.3 Å². The normalized spacial score (nSPS) is 18.0. The number of anilines is 1. The summed E-state index contributed by atoms with van der Waals surface area (Å²) in [5.74, 6) is -0.225. The first-order valence-corrected chi connectivity index (χ1v) is 8.56. The molecule has 0 saturated heterocycles. The molecule has 0 amide bonds. The molecule has 8 heteroatoms. The molecular formula is C20H21NO7. The molecule has 28 heavy (non-hydrogen) atoms. The minimum atomic E-state index is -0.677. The largest absolute Gasteiger partial charge is 0.486 e. The van der Waals surface area contributed by atoms with Crippen molar-refractivity contribution in [2.45, 2.75) is 6.10 Å². The molecule has 0 radical (unpaired) electrons. The molecule has 3 rings (SSSR count). The summed E-state index contributed by atoms with van der Waals surface area (Å²) < 4.78 is 26.4. The average Bonchev–Trinajstić information content (AvgIpc) is 2.95. The highest BCUT2D eigenvalue weighted by Gasteiger charge is 2.29. The van der Waals surface area contributed by atoms with Gasteiger partial charge in [0.25, 0.3) is 0 Å². The lowest BCUT2D eigenvalue weighted by molar-refractivity contribution is -0.139. The topological polar surface area (TPSA) is 83.5 Å². The SMILES string of the molecule is COCC1COc2ccc(N3C=CC=CC(C(=O)OC)=C3C(=O)OC)cc2O1. The lowest BCUT2D eigenvalue weighted by Crippen LogP contribution is -2.33. The smallest absolute Gasteiger partial charge is 0.355 e. The number of allylic oxidation sites excluding steroid dienone is 2. The summed E-state index contributed by atoms with van der Waals surface area (Å²) in [7, 11) is 4.09. The number of nitrogens with zero attached hydrogens (tertiary/aromatic N) is 1. The van der Waals surface area contributed by atoms with Crippen LogP contribution < -0.4 is 14.4 Å². The second kappa shape index (κ2) is 8.62. The first-order valence-electron chi connectivity index (χ1n) is 8.56. The third-order valence-electron chi connectivity index (χ3n) is 4.17. The lowest BCUT2D eigenvalue weighted by atomic mass is 10.1. The van der Waals surface area contributed by atoms with Gasteiger partial charge in [0.15, 0.2) is 17.6 Å². The van der Waals surface area contributed by atoms with E-state index in [1.807, 2.05) is 0 Å². The molecule has 1 unspecified atom stereocenters. The molecule has 2 aliphatic rings. The zero-order chi connectivity index (χ0) is 20.1. The molecule has 1 aromatic carbocycles. The minimum absolute atomic E-state index is 0.0319. The van der Waals surface area contributed by atoms with Crippen LogP contribution in [0.1, 0.15) is 0 Å². The van der Waals surface area contributed by atoms with E-state index >= 15 is 0 Å². The van der Waals surface area contributed by atoms with Crippen LogP contribution in [-0.2, 0) is 23.8 Å². The van der Waals surface area contributed by atoms with Crippen LogP contribution in [-0.4, -0.2) is 52.6 Å². The Bertz CT molecular complexity index is 856. The zero-order valence-electron chi connectivity index (χ0n) is 15.8. The van der Waals surface area contributed by atoms with E-state index in [9.17, 15) is 9.59 Å². The van der Waals surface area contributed by atoms with Gasteiger partial charge in [-0.1, -0.05) is 6.08 Å². The van der Waals surface area contributed by atoms with Crippen molar-refractivity contribution in [3.8, 4) is 11.5 Å². The second-order valence-electron chi connectivity index (χ2n) is 5.95. The van der Waals surface area contributed by atoms with Gasteiger partial charge in [-0.25, -0.2) is 9.59 Å². The Morgan fingerprint density at radius 3 is 2.61 bits per heavy atom. The van der Waals surface area contributed by atoms with Crippen molar-refractivity contribution in [1.82, 2.24) is 0 Å². The molecule has 0 aliphatic carbocycles. The fourth-order valence-corrected chi connectivity index (χ4v) is 2.89. The second-order valence-corrected chi connectivity index (χ2v) is 5.95. The fourth-order valence-electron chi connectivity index (χ4n) is 2.89. The van der Waals surface area contributed by atoms with Crippen molar-refractivity contribution in [2.75, 3.05) is 39.4 Å². The van der Waals surface area contributed by atoms with E-state index in [0.717, 1.165) is 0 Å². The van der Waals surface area contributed by atoms with Crippen LogP contribution in [0.3, 0.4) is 0 Å². The number of hydrogen-bond donors (Lipinski definition) is 0. The van der Waals surface area contributed by atoms with Gasteiger partial charge in [0.05, 0.1) is 26.4 Å². The summed E-state index contributed by atoms with van der Waals surface area (Å²) in [6.45, 7) is 0.768. The van der Waals surface area contributed by atoms with E-state index in [1.54, 1.807) is 48.6 Å². The van der Waals surface area contributed by atoms with Crippen molar-refractivity contribution in [1.29, 1.82) is 0 Å². The first kappa shape index (κ1) is 19.5. The third-order valence-corrected chi connectivity index (χ3v) is 4.17. The maximum absolute atomic E-state index is 12.5. The number of rotatable bonds is 5. The Labute approximate surface area is 162 Å². The molecule has 0 N–H and O–H groups in total. The number of fused-ring (bicyclic) bond motifs is 1. The minimum Gasteiger partial charge on any atom is -0.486 e. The lowest BCUT2D eigenvalue weighted by Gasteiger charge is -2.28. The molecule has 2 heterocycles. The van der Waals surface area contributed by atoms with Gasteiger partial charge >= 0.3 is 11.9 Å². The summed E-state index contributed by atoms with van der Waals surface area (Å²) in [6.07, 6.45) is 6.25. The molecule has 0 saturated carbocycles. The molecule has 0 bridgehead atoms. The van der Waals surface area contributed by atoms with Crippen molar-refractivity contribution >= 4 is 17.6 Å². The Morgan fingerprint density at radius 2 is 1.89 bits per heavy atom. The maximum atomic E-state index is 12.5. The van der Waals surface area contributed by atoms with E-state index in [2.05, 4.69) is 0 Å². The summed E-state index contributed by atoms with van der Waals surface area (Å²) in [5.41, 5.74) is 0.693. The van der Waals surface area contributed by atoms with Crippen LogP contribution in [0, 0.1) is 0 Å². The van der Waals surface area contributed by atoms with Gasteiger partial charge in [-0.2, -0.15) is 0 Å². The van der Waals surface area contributed by atoms with Gasteiger partial charge in [-0.15, -0.1) is 0 Å². The van der Waals surface area contributed by atoms with E-state index in [4.69, 9.17) is 23.7 Å². The first-order chi connectivity index (χ1) is 13.6. The third kappa shape index (κ3) is 3.86. The Kier molecular flexibility index (Phi) is 6.00. The van der Waals surface area contributed by atoms with Gasteiger partial charge in [0.1, 0.15) is 12.3 Å². The van der Waals surface area contributed by atoms with Crippen LogP contribution in [0.4, 0.5) is 5.69 Å². The molecule has 1 atom stereocenters. The molecule has 0 fully saturated rings. The Morgan fingerprint density at radius 1 is 1.11 bits per heavy atom. The average molecular weight is 387 g/mol. The van der Waals surface area contributed by atoms with E-state index < -0.39 is 11.9 Å². The van der Waals surface area contributed by atoms with E-state index in [0.29, 0.717) is 30.4 Å². The van der Waals surface area contributed by atoms with Gasteiger partial charge in [-0.3, -0.25) is 0 Å². The quantitative estimate of drug-likeness (QED) is 0.709. The highest BCUT2D eigenvalue weighted by atomic mass is 16.6. The molecule has 1 aromatic rings. The monoisotopic (exact) mass is 387 g/mol. The summed E-state index contributed by atoms with van der Waals surface area (Å²) in [6, 6.07) is 5.23. The molecule has 148 valence electrons. The van der Waals surface area contributed by atoms with Crippen LogP contribution in [0.15, 0.2) is 53.9 Å². The molecule has 0 aromatic heterocycles. The standard InChI is InChI=1S/C20H21NO7/c1-24-11-14-12-27-16-8-7-13(10-17(16)28-14)21-9-5-4-6-15(19(22)25-2)18(21)20(23)26-3/h4-10,14H,11-12H2,1-3H3. The summed E-state index contributed by atoms with van der Waals surface area (Å²) in [5, 5.41) is 0. The van der Waals surface area contributed by atoms with Crippen LogP contribution >= 0.6 is 0 Å². The predicted molar refractivity (Wildman–Crippen MR) is 100 cm³/mol. The summed E-state index contributed by atoms with van der Waals surface area (Å²) >= 11 is 0. The zero-order valence-corrected chi connectivity index (χ0v) is 15.8. The van der Waals surface area contributed by atoms with Gasteiger partial charge in [-0.05, 0) is 24.3 Å². The van der Waals surface area contributed by atoms with Crippen LogP contribution in [0.5, 0.6) is 11.5 Å². The van der Waals surface area contributed by atoms with E-state index in [-0.39, 0.29) is 17.4 Å². The van der Waals surface area contributed by atoms with Gasteiger partial charge in [0.2, 0.25) is 0 Å². The fraction of sp³-hybridized carbons (Fsp3) is 0.300. The van der Waals surface area contributed by atoms with Crippen LogP contribution in [0.2, 0.25) is 0 Å². The molecule has 0 spiro atoms. The van der Waals surface area contributed by atoms with Crippen molar-refractivity contribution in [2.24, 2.45) is 0 Å². The Hall–Kier alpha value is -3.26. The number of benzene rings is 1. The number of esters is 2. The van der Waals surface area contributed by atoms with Crippen molar-refractivity contribution < 1.29 is 33.3 Å². The molecule has 2 aliphatic heterocycles. The molecular weight excluding hydrogens is 366 g/mol. The highest BCUT2D eigenvalue weighted by molar-refractivity contribution is 6.05. The molecule has 8 nitrogen and oxygen atoms in total. The van der Waals surface area contributed by atoms with Crippen molar-refractivity contribution in [3.05, 3.63) is 53.9 Å². The van der Waals surface area contributed by atoms with Gasteiger partial charge < -0.3 is 28.6 Å². The number of carbonyl (C=O) groups is 2. The number of methoxy groups -OCH3 is 3.